The van der Waals surface area contributed by atoms with E-state index in [1.54, 1.807) is 19.3 Å². The maximum absolute atomic E-state index is 5.79. The number of nitrogens with zero attached hydrogens (tertiary/aromatic N) is 2. The van der Waals surface area contributed by atoms with Gasteiger partial charge in [0.2, 0.25) is 0 Å². The third-order valence-corrected chi connectivity index (χ3v) is 4.07. The SMILES string of the molecule is CN=C(NCCc1ccc(Cl)nc1)NCC(C)COCc1ccccc1.I. The third-order valence-electron chi connectivity index (χ3n) is 3.85. The van der Waals surface area contributed by atoms with Gasteiger partial charge in [-0.3, -0.25) is 4.99 Å². The van der Waals surface area contributed by atoms with E-state index in [1.165, 1.54) is 5.56 Å². The largest absolute Gasteiger partial charge is 0.376 e. The van der Waals surface area contributed by atoms with Crippen molar-refractivity contribution in [1.29, 1.82) is 0 Å². The van der Waals surface area contributed by atoms with Crippen LogP contribution in [0.15, 0.2) is 53.7 Å². The van der Waals surface area contributed by atoms with Crippen LogP contribution in [-0.2, 0) is 17.8 Å². The molecule has 7 heteroatoms. The van der Waals surface area contributed by atoms with Crippen LogP contribution in [0.4, 0.5) is 0 Å². The van der Waals surface area contributed by atoms with Crippen LogP contribution in [-0.4, -0.2) is 37.7 Å². The summed E-state index contributed by atoms with van der Waals surface area (Å²) in [6.07, 6.45) is 2.66. The van der Waals surface area contributed by atoms with Crippen LogP contribution in [0.25, 0.3) is 0 Å². The number of rotatable bonds is 9. The van der Waals surface area contributed by atoms with Gasteiger partial charge in [0, 0.05) is 26.3 Å². The smallest absolute Gasteiger partial charge is 0.190 e. The topological polar surface area (TPSA) is 58.5 Å². The molecule has 0 saturated heterocycles. The van der Waals surface area contributed by atoms with E-state index in [1.807, 2.05) is 24.3 Å². The van der Waals surface area contributed by atoms with E-state index in [0.717, 1.165) is 31.0 Å². The second kappa shape index (κ2) is 13.7. The number of aliphatic imine (C=N–C) groups is 1. The molecule has 1 unspecified atom stereocenters. The Labute approximate surface area is 184 Å². The van der Waals surface area contributed by atoms with E-state index in [4.69, 9.17) is 16.3 Å². The Bertz CT molecular complexity index is 667. The van der Waals surface area contributed by atoms with Gasteiger partial charge in [-0.1, -0.05) is 54.9 Å². The van der Waals surface area contributed by atoms with Crippen molar-refractivity contribution in [3.05, 3.63) is 64.9 Å². The van der Waals surface area contributed by atoms with Crippen LogP contribution < -0.4 is 10.6 Å². The number of nitrogens with one attached hydrogen (secondary N) is 2. The van der Waals surface area contributed by atoms with Crippen LogP contribution in [0, 0.1) is 5.92 Å². The Kier molecular flexibility index (Phi) is 12.0. The number of pyridine rings is 1. The second-order valence-electron chi connectivity index (χ2n) is 6.22. The van der Waals surface area contributed by atoms with Gasteiger partial charge in [-0.05, 0) is 29.5 Å². The first kappa shape index (κ1) is 23.7. The Morgan fingerprint density at radius 1 is 1.15 bits per heavy atom. The molecule has 2 aromatic rings. The maximum atomic E-state index is 5.79. The van der Waals surface area contributed by atoms with E-state index in [-0.39, 0.29) is 24.0 Å². The number of aromatic nitrogens is 1. The highest BCUT2D eigenvalue weighted by Gasteiger charge is 2.05. The van der Waals surface area contributed by atoms with E-state index in [9.17, 15) is 0 Å². The minimum atomic E-state index is 0. The summed E-state index contributed by atoms with van der Waals surface area (Å²) in [5.41, 5.74) is 2.34. The van der Waals surface area contributed by atoms with E-state index in [0.29, 0.717) is 24.3 Å². The molecular weight excluding hydrogens is 475 g/mol. The lowest BCUT2D eigenvalue weighted by atomic mass is 10.2. The summed E-state index contributed by atoms with van der Waals surface area (Å²) in [6, 6.07) is 14.0. The van der Waals surface area contributed by atoms with Crippen molar-refractivity contribution in [2.24, 2.45) is 10.9 Å². The molecule has 1 heterocycles. The van der Waals surface area contributed by atoms with Crippen molar-refractivity contribution >= 4 is 41.5 Å². The Balaban J connectivity index is 0.00000364. The summed E-state index contributed by atoms with van der Waals surface area (Å²) in [6.45, 7) is 5.09. The molecule has 0 saturated carbocycles. The van der Waals surface area contributed by atoms with Crippen LogP contribution in [0.5, 0.6) is 0 Å². The van der Waals surface area contributed by atoms with Crippen LogP contribution in [0.3, 0.4) is 0 Å². The normalized spacial score (nSPS) is 12.2. The van der Waals surface area contributed by atoms with E-state index >= 15 is 0 Å². The van der Waals surface area contributed by atoms with Crippen molar-refractivity contribution in [3.63, 3.8) is 0 Å². The highest BCUT2D eigenvalue weighted by Crippen LogP contribution is 2.05. The summed E-state index contributed by atoms with van der Waals surface area (Å²) >= 11 is 5.79. The minimum Gasteiger partial charge on any atom is -0.376 e. The summed E-state index contributed by atoms with van der Waals surface area (Å²) in [7, 11) is 1.77. The highest BCUT2D eigenvalue weighted by atomic mass is 127. The van der Waals surface area contributed by atoms with E-state index in [2.05, 4.69) is 39.7 Å². The molecule has 1 aromatic carbocycles. The van der Waals surface area contributed by atoms with Gasteiger partial charge in [0.1, 0.15) is 5.15 Å². The van der Waals surface area contributed by atoms with Gasteiger partial charge in [-0.25, -0.2) is 4.98 Å². The summed E-state index contributed by atoms with van der Waals surface area (Å²) in [4.78, 5) is 8.33. The van der Waals surface area contributed by atoms with Crippen LogP contribution in [0.1, 0.15) is 18.1 Å². The standard InChI is InChI=1S/C20H27ClN4O.HI/c1-16(14-26-15-18-6-4-3-5-7-18)12-25-20(22-2)23-11-10-17-8-9-19(21)24-13-17;/h3-9,13,16H,10-12,14-15H2,1-2H3,(H2,22,23,25);1H. The Morgan fingerprint density at radius 2 is 1.93 bits per heavy atom. The van der Waals surface area contributed by atoms with Gasteiger partial charge in [-0.15, -0.1) is 24.0 Å². The fraction of sp³-hybridized carbons (Fsp3) is 0.400. The van der Waals surface area contributed by atoms with Gasteiger partial charge in [0.15, 0.2) is 5.96 Å². The number of benzene rings is 1. The molecule has 27 heavy (non-hydrogen) atoms. The van der Waals surface area contributed by atoms with Crippen LogP contribution >= 0.6 is 35.6 Å². The predicted octanol–water partition coefficient (Wildman–Crippen LogP) is 3.91. The van der Waals surface area contributed by atoms with Gasteiger partial charge >= 0.3 is 0 Å². The lowest BCUT2D eigenvalue weighted by molar-refractivity contribution is 0.0931. The van der Waals surface area contributed by atoms with Crippen LogP contribution in [0.2, 0.25) is 5.15 Å². The summed E-state index contributed by atoms with van der Waals surface area (Å²) < 4.78 is 5.78. The first-order valence-electron chi connectivity index (χ1n) is 8.84. The predicted molar refractivity (Wildman–Crippen MR) is 123 cm³/mol. The molecule has 0 fully saturated rings. The van der Waals surface area contributed by atoms with Gasteiger partial charge in [-0.2, -0.15) is 0 Å². The zero-order chi connectivity index (χ0) is 18.6. The zero-order valence-electron chi connectivity index (χ0n) is 15.8. The first-order chi connectivity index (χ1) is 12.7. The number of halogens is 2. The van der Waals surface area contributed by atoms with Crippen molar-refractivity contribution in [3.8, 4) is 0 Å². The molecule has 2 rings (SSSR count). The van der Waals surface area contributed by atoms with Gasteiger partial charge < -0.3 is 15.4 Å². The Morgan fingerprint density at radius 3 is 2.59 bits per heavy atom. The first-order valence-corrected chi connectivity index (χ1v) is 9.22. The van der Waals surface area contributed by atoms with Gasteiger partial charge in [0.25, 0.3) is 0 Å². The molecule has 0 bridgehead atoms. The molecule has 148 valence electrons. The maximum Gasteiger partial charge on any atom is 0.190 e. The highest BCUT2D eigenvalue weighted by molar-refractivity contribution is 14.0. The molecule has 2 N–H and O–H groups in total. The molecule has 0 radical (unpaired) electrons. The van der Waals surface area contributed by atoms with E-state index < -0.39 is 0 Å². The molecule has 0 spiro atoms. The monoisotopic (exact) mass is 502 g/mol. The van der Waals surface area contributed by atoms with Gasteiger partial charge in [0.05, 0.1) is 13.2 Å². The molecule has 1 aromatic heterocycles. The summed E-state index contributed by atoms with van der Waals surface area (Å²) in [5, 5.41) is 7.16. The molecule has 5 nitrogen and oxygen atoms in total. The molecule has 0 amide bonds. The average molecular weight is 503 g/mol. The average Bonchev–Trinajstić information content (AvgIpc) is 2.67. The lowest BCUT2D eigenvalue weighted by Gasteiger charge is -2.16. The van der Waals surface area contributed by atoms with Crippen molar-refractivity contribution in [2.45, 2.75) is 20.0 Å². The van der Waals surface area contributed by atoms with Crippen molar-refractivity contribution < 1.29 is 4.74 Å². The fourth-order valence-corrected chi connectivity index (χ4v) is 2.49. The second-order valence-corrected chi connectivity index (χ2v) is 6.61. The molecule has 1 atom stereocenters. The third kappa shape index (κ3) is 9.93. The molecule has 0 aliphatic carbocycles. The van der Waals surface area contributed by atoms with Crippen molar-refractivity contribution in [2.75, 3.05) is 26.7 Å². The number of hydrogen-bond donors (Lipinski definition) is 2. The number of guanidine groups is 1. The number of ether oxygens (including phenoxy) is 1. The fourth-order valence-electron chi connectivity index (χ4n) is 2.38. The quantitative estimate of drug-likeness (QED) is 0.236. The number of hydrogen-bond acceptors (Lipinski definition) is 3. The lowest BCUT2D eigenvalue weighted by Crippen LogP contribution is -2.40. The molecular formula is C20H28ClIN4O. The minimum absolute atomic E-state index is 0. The summed E-state index contributed by atoms with van der Waals surface area (Å²) in [5.74, 6) is 1.18. The molecule has 0 aliphatic heterocycles. The van der Waals surface area contributed by atoms with Crippen molar-refractivity contribution in [1.82, 2.24) is 15.6 Å². The zero-order valence-corrected chi connectivity index (χ0v) is 18.9. The molecule has 0 aliphatic rings. The Hall–Kier alpha value is -1.38.